The van der Waals surface area contributed by atoms with E-state index in [1.807, 2.05) is 0 Å². The summed E-state index contributed by atoms with van der Waals surface area (Å²) in [6.45, 7) is 0. The van der Waals surface area contributed by atoms with E-state index in [2.05, 4.69) is 212 Å². The molecule has 0 fully saturated rings. The SMILES string of the molecule is C1=CCCC(c2cc(-c3ccccc3)cc(-c3ccc4c(c3)-c3ccccc3-c3cc(-c5cc(-c6ccccc6)cc(-c6ccccc6)c5)ccc3N4)c2)=C1. The first-order valence-electron chi connectivity index (χ1n) is 19.2. The van der Waals surface area contributed by atoms with E-state index in [0.29, 0.717) is 0 Å². The number of benzene rings is 8. The lowest BCUT2D eigenvalue weighted by Crippen LogP contribution is -1.94. The van der Waals surface area contributed by atoms with Crippen LogP contribution in [0, 0.1) is 0 Å². The molecule has 0 unspecified atom stereocenters. The Bertz CT molecular complexity index is 2700. The zero-order chi connectivity index (χ0) is 36.6. The van der Waals surface area contributed by atoms with Crippen molar-refractivity contribution in [2.24, 2.45) is 0 Å². The van der Waals surface area contributed by atoms with E-state index in [9.17, 15) is 0 Å². The van der Waals surface area contributed by atoms with Gasteiger partial charge in [0.25, 0.3) is 0 Å². The average molecular weight is 702 g/mol. The molecule has 0 aromatic heterocycles. The molecule has 2 aliphatic rings. The molecule has 0 atom stereocenters. The van der Waals surface area contributed by atoms with Crippen molar-refractivity contribution < 1.29 is 0 Å². The molecule has 55 heavy (non-hydrogen) atoms. The molecule has 0 bridgehead atoms. The Labute approximate surface area is 323 Å². The summed E-state index contributed by atoms with van der Waals surface area (Å²) in [5.41, 5.74) is 21.9. The van der Waals surface area contributed by atoms with Gasteiger partial charge in [0.05, 0.1) is 0 Å². The lowest BCUT2D eigenvalue weighted by atomic mass is 9.88. The smallest absolute Gasteiger partial charge is 0.0464 e. The predicted molar refractivity (Wildman–Crippen MR) is 234 cm³/mol. The second kappa shape index (κ2) is 14.1. The molecule has 1 heterocycles. The van der Waals surface area contributed by atoms with Crippen LogP contribution in [0.5, 0.6) is 0 Å². The van der Waals surface area contributed by atoms with Crippen LogP contribution < -0.4 is 5.32 Å². The molecule has 0 radical (unpaired) electrons. The van der Waals surface area contributed by atoms with Gasteiger partial charge in [0.15, 0.2) is 0 Å². The van der Waals surface area contributed by atoms with Crippen LogP contribution >= 0.6 is 0 Å². The van der Waals surface area contributed by atoms with Gasteiger partial charge in [0.2, 0.25) is 0 Å². The maximum Gasteiger partial charge on any atom is 0.0464 e. The lowest BCUT2D eigenvalue weighted by molar-refractivity contribution is 1.05. The third kappa shape index (κ3) is 6.41. The molecule has 0 saturated carbocycles. The normalized spacial score (nSPS) is 12.8. The second-order valence-corrected chi connectivity index (χ2v) is 14.5. The van der Waals surface area contributed by atoms with E-state index in [1.165, 1.54) is 89.0 Å². The Morgan fingerprint density at radius 3 is 1.13 bits per heavy atom. The van der Waals surface area contributed by atoms with Crippen molar-refractivity contribution in [3.8, 4) is 77.9 Å². The van der Waals surface area contributed by atoms with E-state index >= 15 is 0 Å². The standard InChI is InChI=1S/C54H39N/c1-5-15-37(16-6-1)43-29-44(38-17-7-2-8-18-38)32-47(31-43)41-25-27-53-51(35-41)49-23-13-14-24-50(49)52-36-42(26-28-54(52)55-53)48-33-45(39-19-9-3-10-20-39)30-46(34-48)40-21-11-4-12-22-40/h1-11,13-21,23-36,55H,12,22H2. The summed E-state index contributed by atoms with van der Waals surface area (Å²) in [5.74, 6) is 0. The average Bonchev–Trinajstić information content (AvgIpc) is 3.41. The first-order valence-corrected chi connectivity index (χ1v) is 19.2. The summed E-state index contributed by atoms with van der Waals surface area (Å²) in [6, 6.07) is 68.9. The minimum Gasteiger partial charge on any atom is -0.355 e. The molecule has 0 spiro atoms. The lowest BCUT2D eigenvalue weighted by Gasteiger charge is -2.16. The quantitative estimate of drug-likeness (QED) is 0.182. The van der Waals surface area contributed by atoms with E-state index in [-0.39, 0.29) is 0 Å². The molecule has 1 heteroatoms. The van der Waals surface area contributed by atoms with Crippen LogP contribution in [0.1, 0.15) is 18.4 Å². The van der Waals surface area contributed by atoms with Crippen LogP contribution in [0.2, 0.25) is 0 Å². The molecule has 260 valence electrons. The van der Waals surface area contributed by atoms with E-state index in [1.54, 1.807) is 0 Å². The molecular formula is C54H39N. The Hall–Kier alpha value is -6.96. The first-order chi connectivity index (χ1) is 27.2. The van der Waals surface area contributed by atoms with Gasteiger partial charge in [0.1, 0.15) is 0 Å². The minimum atomic E-state index is 1.06. The third-order valence-electron chi connectivity index (χ3n) is 11.1. The van der Waals surface area contributed by atoms with E-state index in [0.717, 1.165) is 24.2 Å². The molecular weight excluding hydrogens is 663 g/mol. The van der Waals surface area contributed by atoms with Gasteiger partial charge in [-0.3, -0.25) is 0 Å². The van der Waals surface area contributed by atoms with Crippen molar-refractivity contribution in [1.82, 2.24) is 0 Å². The summed E-state index contributed by atoms with van der Waals surface area (Å²) in [6.07, 6.45) is 8.87. The Balaban J connectivity index is 1.09. The zero-order valence-corrected chi connectivity index (χ0v) is 30.5. The summed E-state index contributed by atoms with van der Waals surface area (Å²) in [4.78, 5) is 0. The van der Waals surface area contributed by atoms with Crippen molar-refractivity contribution in [2.45, 2.75) is 12.8 Å². The van der Waals surface area contributed by atoms with Gasteiger partial charge in [-0.1, -0.05) is 146 Å². The van der Waals surface area contributed by atoms with E-state index < -0.39 is 0 Å². The molecule has 1 aliphatic heterocycles. The largest absolute Gasteiger partial charge is 0.355 e. The van der Waals surface area contributed by atoms with Crippen LogP contribution in [0.15, 0.2) is 206 Å². The van der Waals surface area contributed by atoms with Gasteiger partial charge in [-0.05, 0) is 151 Å². The van der Waals surface area contributed by atoms with Crippen molar-refractivity contribution in [3.05, 3.63) is 212 Å². The van der Waals surface area contributed by atoms with Crippen LogP contribution in [0.3, 0.4) is 0 Å². The highest BCUT2D eigenvalue weighted by Crippen LogP contribution is 2.47. The summed E-state index contributed by atoms with van der Waals surface area (Å²) >= 11 is 0. The number of anilines is 2. The number of rotatable bonds is 6. The van der Waals surface area contributed by atoms with Crippen LogP contribution in [-0.2, 0) is 0 Å². The summed E-state index contributed by atoms with van der Waals surface area (Å²) in [5, 5.41) is 3.87. The van der Waals surface area contributed by atoms with E-state index in [4.69, 9.17) is 0 Å². The third-order valence-corrected chi connectivity index (χ3v) is 11.1. The molecule has 8 aromatic rings. The fraction of sp³-hybridized carbons (Fsp3) is 0.0370. The Morgan fingerprint density at radius 2 is 0.709 bits per heavy atom. The predicted octanol–water partition coefficient (Wildman–Crippen LogP) is 15.1. The van der Waals surface area contributed by atoms with Gasteiger partial charge < -0.3 is 5.32 Å². The van der Waals surface area contributed by atoms with Gasteiger partial charge in [0, 0.05) is 22.5 Å². The highest BCUT2D eigenvalue weighted by molar-refractivity contribution is 6.01. The summed E-state index contributed by atoms with van der Waals surface area (Å²) in [7, 11) is 0. The van der Waals surface area contributed by atoms with Gasteiger partial charge in [-0.25, -0.2) is 0 Å². The second-order valence-electron chi connectivity index (χ2n) is 14.5. The van der Waals surface area contributed by atoms with Crippen LogP contribution in [-0.4, -0.2) is 0 Å². The molecule has 10 rings (SSSR count). The number of hydrogen-bond donors (Lipinski definition) is 1. The number of allylic oxidation sites excluding steroid dienone is 4. The van der Waals surface area contributed by atoms with Crippen molar-refractivity contribution in [1.29, 1.82) is 0 Å². The molecule has 1 N–H and O–H groups in total. The molecule has 0 saturated heterocycles. The van der Waals surface area contributed by atoms with Crippen LogP contribution in [0.25, 0.3) is 83.5 Å². The topological polar surface area (TPSA) is 12.0 Å². The zero-order valence-electron chi connectivity index (χ0n) is 30.5. The summed E-state index contributed by atoms with van der Waals surface area (Å²) < 4.78 is 0. The molecule has 1 aliphatic carbocycles. The number of fused-ring (bicyclic) bond motifs is 5. The highest BCUT2D eigenvalue weighted by atomic mass is 14.9. The first kappa shape index (κ1) is 32.7. The maximum atomic E-state index is 3.87. The monoisotopic (exact) mass is 701 g/mol. The number of nitrogens with one attached hydrogen (secondary N) is 1. The van der Waals surface area contributed by atoms with Crippen molar-refractivity contribution in [3.63, 3.8) is 0 Å². The fourth-order valence-electron chi connectivity index (χ4n) is 8.22. The fourth-order valence-corrected chi connectivity index (χ4v) is 8.22. The highest BCUT2D eigenvalue weighted by Gasteiger charge is 2.21. The number of hydrogen-bond acceptors (Lipinski definition) is 1. The molecule has 8 aromatic carbocycles. The van der Waals surface area contributed by atoms with Gasteiger partial charge in [-0.2, -0.15) is 0 Å². The van der Waals surface area contributed by atoms with Gasteiger partial charge in [-0.15, -0.1) is 0 Å². The van der Waals surface area contributed by atoms with Crippen molar-refractivity contribution in [2.75, 3.05) is 5.32 Å². The van der Waals surface area contributed by atoms with Gasteiger partial charge >= 0.3 is 0 Å². The Morgan fingerprint density at radius 1 is 0.309 bits per heavy atom. The maximum absolute atomic E-state index is 3.87. The Kier molecular flexibility index (Phi) is 8.39. The van der Waals surface area contributed by atoms with Crippen molar-refractivity contribution >= 4 is 16.9 Å². The van der Waals surface area contributed by atoms with Crippen LogP contribution in [0.4, 0.5) is 11.4 Å². The molecule has 0 amide bonds. The molecule has 1 nitrogen and oxygen atoms in total. The minimum absolute atomic E-state index is 1.06.